The van der Waals surface area contributed by atoms with Crippen molar-refractivity contribution in [1.29, 1.82) is 0 Å². The van der Waals surface area contributed by atoms with Crippen LogP contribution in [0.2, 0.25) is 0 Å². The van der Waals surface area contributed by atoms with Crippen molar-refractivity contribution in [2.75, 3.05) is 19.5 Å². The van der Waals surface area contributed by atoms with Gasteiger partial charge in [0.25, 0.3) is 5.91 Å². The molecule has 3 rings (SSSR count). The Morgan fingerprint density at radius 1 is 1.15 bits per heavy atom. The van der Waals surface area contributed by atoms with Crippen LogP contribution in [-0.2, 0) is 4.79 Å². The highest BCUT2D eigenvalue weighted by molar-refractivity contribution is 6.12. The Bertz CT molecular complexity index is 993. The Kier molecular flexibility index (Phi) is 4.62. The molecule has 0 aliphatic carbocycles. The summed E-state index contributed by atoms with van der Waals surface area (Å²) in [6.45, 7) is 1.38. The smallest absolute Gasteiger partial charge is 0.255 e. The van der Waals surface area contributed by atoms with Crippen LogP contribution in [0.3, 0.4) is 0 Å². The molecule has 134 valence electrons. The Balaban J connectivity index is 2.28. The van der Waals surface area contributed by atoms with E-state index in [1.165, 1.54) is 45.3 Å². The van der Waals surface area contributed by atoms with Crippen LogP contribution in [0, 0.1) is 5.82 Å². The topological polar surface area (TPSA) is 80.6 Å². The Hall–Kier alpha value is -3.35. The zero-order valence-electron chi connectivity index (χ0n) is 14.5. The molecular weight excluding hydrogens is 339 g/mol. The maximum atomic E-state index is 13.2. The number of nitrogens with one attached hydrogen (secondary N) is 2. The second-order valence-corrected chi connectivity index (χ2v) is 5.62. The van der Waals surface area contributed by atoms with Gasteiger partial charge < -0.3 is 19.8 Å². The van der Waals surface area contributed by atoms with Crippen molar-refractivity contribution < 1.29 is 23.1 Å². The number of ether oxygens (including phenoxy) is 1. The van der Waals surface area contributed by atoms with Crippen molar-refractivity contribution in [2.45, 2.75) is 6.92 Å². The van der Waals surface area contributed by atoms with E-state index in [1.807, 2.05) is 0 Å². The molecule has 3 aromatic rings. The van der Waals surface area contributed by atoms with Crippen molar-refractivity contribution >= 4 is 28.5 Å². The standard InChI is InChI=1S/C19H17FN2O4/c1-10(23)22-14-9-15-13(8-16(14)25-3)17(19(24)21-2)18(26-15)11-4-6-12(20)7-5-11/h4-9H,1-3H3,(H,21,24)(H,22,23). The van der Waals surface area contributed by atoms with Gasteiger partial charge in [0.15, 0.2) is 0 Å². The average Bonchev–Trinajstić information content (AvgIpc) is 2.98. The lowest BCUT2D eigenvalue weighted by molar-refractivity contribution is -0.114. The lowest BCUT2D eigenvalue weighted by Gasteiger charge is -2.09. The number of rotatable bonds is 4. The van der Waals surface area contributed by atoms with E-state index in [0.717, 1.165) is 0 Å². The molecule has 0 fully saturated rings. The third-order valence-electron chi connectivity index (χ3n) is 3.88. The molecule has 26 heavy (non-hydrogen) atoms. The van der Waals surface area contributed by atoms with Gasteiger partial charge in [0.2, 0.25) is 5.91 Å². The molecule has 0 atom stereocenters. The Morgan fingerprint density at radius 2 is 1.85 bits per heavy atom. The number of methoxy groups -OCH3 is 1. The first-order valence-electron chi connectivity index (χ1n) is 7.84. The van der Waals surface area contributed by atoms with E-state index in [-0.39, 0.29) is 17.6 Å². The predicted molar refractivity (Wildman–Crippen MR) is 95.9 cm³/mol. The fourth-order valence-electron chi connectivity index (χ4n) is 2.73. The van der Waals surface area contributed by atoms with E-state index in [2.05, 4.69) is 10.6 Å². The van der Waals surface area contributed by atoms with E-state index in [9.17, 15) is 14.0 Å². The first-order chi connectivity index (χ1) is 12.4. The zero-order valence-corrected chi connectivity index (χ0v) is 14.5. The highest BCUT2D eigenvalue weighted by Crippen LogP contribution is 2.39. The monoisotopic (exact) mass is 356 g/mol. The van der Waals surface area contributed by atoms with E-state index >= 15 is 0 Å². The van der Waals surface area contributed by atoms with Crippen LogP contribution in [0.25, 0.3) is 22.3 Å². The van der Waals surface area contributed by atoms with Gasteiger partial charge >= 0.3 is 0 Å². The molecule has 0 unspecified atom stereocenters. The summed E-state index contributed by atoms with van der Waals surface area (Å²) in [4.78, 5) is 23.9. The SMILES string of the molecule is CNC(=O)c1c(-c2ccc(F)cc2)oc2cc(NC(C)=O)c(OC)cc12. The van der Waals surface area contributed by atoms with Crippen molar-refractivity contribution in [3.8, 4) is 17.1 Å². The zero-order chi connectivity index (χ0) is 18.8. The summed E-state index contributed by atoms with van der Waals surface area (Å²) in [5.41, 5.74) is 1.69. The molecule has 0 bridgehead atoms. The molecule has 2 N–H and O–H groups in total. The minimum Gasteiger partial charge on any atom is -0.495 e. The normalized spacial score (nSPS) is 10.6. The van der Waals surface area contributed by atoms with Crippen molar-refractivity contribution in [2.24, 2.45) is 0 Å². The number of halogens is 1. The highest BCUT2D eigenvalue weighted by Gasteiger charge is 2.23. The van der Waals surface area contributed by atoms with E-state index < -0.39 is 0 Å². The summed E-state index contributed by atoms with van der Waals surface area (Å²) >= 11 is 0. The quantitative estimate of drug-likeness (QED) is 0.749. The first kappa shape index (κ1) is 17.5. The number of hydrogen-bond donors (Lipinski definition) is 2. The number of fused-ring (bicyclic) bond motifs is 1. The van der Waals surface area contributed by atoms with Crippen LogP contribution in [0.15, 0.2) is 40.8 Å². The minimum atomic E-state index is -0.388. The maximum absolute atomic E-state index is 13.2. The lowest BCUT2D eigenvalue weighted by Crippen LogP contribution is -2.18. The Labute approximate surface area is 148 Å². The number of hydrogen-bond acceptors (Lipinski definition) is 4. The first-order valence-corrected chi connectivity index (χ1v) is 7.84. The third kappa shape index (κ3) is 3.11. The summed E-state index contributed by atoms with van der Waals surface area (Å²) in [5.74, 6) is -0.302. The van der Waals surface area contributed by atoms with Gasteiger partial charge in [0, 0.05) is 31.0 Å². The predicted octanol–water partition coefficient (Wildman–Crippen LogP) is 3.57. The van der Waals surface area contributed by atoms with Gasteiger partial charge in [-0.05, 0) is 30.3 Å². The van der Waals surface area contributed by atoms with E-state index in [4.69, 9.17) is 9.15 Å². The van der Waals surface area contributed by atoms with Gasteiger partial charge in [-0.15, -0.1) is 0 Å². The van der Waals surface area contributed by atoms with Crippen LogP contribution in [0.5, 0.6) is 5.75 Å². The molecule has 1 aromatic heterocycles. The molecule has 0 saturated carbocycles. The van der Waals surface area contributed by atoms with Crippen LogP contribution in [0.4, 0.5) is 10.1 Å². The molecule has 2 amide bonds. The fourth-order valence-corrected chi connectivity index (χ4v) is 2.73. The van der Waals surface area contributed by atoms with Gasteiger partial charge in [-0.25, -0.2) is 4.39 Å². The van der Waals surface area contributed by atoms with E-state index in [1.54, 1.807) is 12.1 Å². The third-order valence-corrected chi connectivity index (χ3v) is 3.88. The number of carbonyl (C=O) groups is 2. The van der Waals surface area contributed by atoms with Gasteiger partial charge in [0.1, 0.15) is 22.9 Å². The second kappa shape index (κ2) is 6.87. The van der Waals surface area contributed by atoms with Gasteiger partial charge in [-0.2, -0.15) is 0 Å². The molecule has 6 nitrogen and oxygen atoms in total. The van der Waals surface area contributed by atoms with Gasteiger partial charge in [0.05, 0.1) is 18.4 Å². The molecular formula is C19H17FN2O4. The minimum absolute atomic E-state index is 0.264. The number of anilines is 1. The summed E-state index contributed by atoms with van der Waals surface area (Å²) in [6.07, 6.45) is 0. The molecule has 0 saturated heterocycles. The van der Waals surface area contributed by atoms with Crippen LogP contribution in [-0.4, -0.2) is 26.0 Å². The summed E-state index contributed by atoms with van der Waals surface area (Å²) in [5, 5.41) is 5.77. The average molecular weight is 356 g/mol. The number of benzene rings is 2. The van der Waals surface area contributed by atoms with Gasteiger partial charge in [-0.1, -0.05) is 0 Å². The molecule has 0 aliphatic rings. The maximum Gasteiger partial charge on any atom is 0.255 e. The van der Waals surface area contributed by atoms with Crippen molar-refractivity contribution in [1.82, 2.24) is 5.32 Å². The molecule has 1 heterocycles. The Morgan fingerprint density at radius 3 is 2.42 bits per heavy atom. The molecule has 7 heteroatoms. The van der Waals surface area contributed by atoms with Crippen LogP contribution in [0.1, 0.15) is 17.3 Å². The van der Waals surface area contributed by atoms with Crippen molar-refractivity contribution in [3.63, 3.8) is 0 Å². The van der Waals surface area contributed by atoms with Crippen LogP contribution >= 0.6 is 0 Å². The summed E-state index contributed by atoms with van der Waals surface area (Å²) in [6, 6.07) is 8.87. The highest BCUT2D eigenvalue weighted by atomic mass is 19.1. The molecule has 2 aromatic carbocycles. The van der Waals surface area contributed by atoms with E-state index in [0.29, 0.717) is 39.3 Å². The number of carbonyl (C=O) groups excluding carboxylic acids is 2. The lowest BCUT2D eigenvalue weighted by atomic mass is 10.0. The second-order valence-electron chi connectivity index (χ2n) is 5.62. The summed E-state index contributed by atoms with van der Waals surface area (Å²) in [7, 11) is 2.98. The fraction of sp³-hybridized carbons (Fsp3) is 0.158. The molecule has 0 aliphatic heterocycles. The summed E-state index contributed by atoms with van der Waals surface area (Å²) < 4.78 is 24.4. The van der Waals surface area contributed by atoms with Gasteiger partial charge in [-0.3, -0.25) is 9.59 Å². The number of amides is 2. The van der Waals surface area contributed by atoms with Crippen LogP contribution < -0.4 is 15.4 Å². The van der Waals surface area contributed by atoms with Crippen molar-refractivity contribution in [3.05, 3.63) is 47.8 Å². The largest absolute Gasteiger partial charge is 0.495 e. The molecule has 0 radical (unpaired) electrons. The number of furan rings is 1. The molecule has 0 spiro atoms.